The lowest BCUT2D eigenvalue weighted by Crippen LogP contribution is -2.03. The van der Waals surface area contributed by atoms with Crippen LogP contribution in [0.5, 0.6) is 5.88 Å². The Morgan fingerprint density at radius 2 is 2.37 bits per heavy atom. The molecule has 1 aromatic carbocycles. The average Bonchev–Trinajstić information content (AvgIpc) is 2.96. The number of imidazole rings is 1. The summed E-state index contributed by atoms with van der Waals surface area (Å²) in [5, 5.41) is 5.40. The Hall–Kier alpha value is -1.53. The largest absolute Gasteiger partial charge is 0.480 e. The predicted molar refractivity (Wildman–Crippen MR) is 81.1 cm³/mol. The maximum absolute atomic E-state index is 5.33. The highest BCUT2D eigenvalue weighted by molar-refractivity contribution is 9.10. The normalized spacial score (nSPS) is 10.8. The van der Waals surface area contributed by atoms with E-state index in [2.05, 4.69) is 30.6 Å². The van der Waals surface area contributed by atoms with E-state index in [0.29, 0.717) is 12.4 Å². The third-order valence-electron chi connectivity index (χ3n) is 2.80. The highest BCUT2D eigenvalue weighted by Gasteiger charge is 2.13. The molecule has 0 atom stereocenters. The van der Waals surface area contributed by atoms with Crippen LogP contribution in [0, 0.1) is 0 Å². The van der Waals surface area contributed by atoms with Crippen molar-refractivity contribution in [3.63, 3.8) is 0 Å². The van der Waals surface area contributed by atoms with Crippen LogP contribution in [0.4, 0.5) is 5.69 Å². The number of thiazole rings is 1. The molecule has 1 N–H and O–H groups in total. The third kappa shape index (κ3) is 2.46. The second kappa shape index (κ2) is 5.22. The molecular formula is C13H12BrN3OS. The molecule has 0 radical (unpaired) electrons. The minimum Gasteiger partial charge on any atom is -0.480 e. The first-order valence-electron chi connectivity index (χ1n) is 5.76. The number of rotatable bonds is 4. The Morgan fingerprint density at radius 3 is 3.16 bits per heavy atom. The van der Waals surface area contributed by atoms with E-state index < -0.39 is 0 Å². The number of anilines is 1. The van der Waals surface area contributed by atoms with Gasteiger partial charge in [0.2, 0.25) is 5.88 Å². The molecule has 0 spiro atoms. The van der Waals surface area contributed by atoms with E-state index in [1.165, 1.54) is 0 Å². The van der Waals surface area contributed by atoms with Gasteiger partial charge in [-0.3, -0.25) is 4.40 Å². The zero-order chi connectivity index (χ0) is 13.2. The van der Waals surface area contributed by atoms with E-state index in [1.807, 2.05) is 35.8 Å². The molecule has 0 unspecified atom stereocenters. The summed E-state index contributed by atoms with van der Waals surface area (Å²) in [6.07, 6.45) is 2.01. The lowest BCUT2D eigenvalue weighted by Gasteiger charge is -2.07. The van der Waals surface area contributed by atoms with Gasteiger partial charge in [0.05, 0.1) is 13.7 Å². The number of ether oxygens (including phenoxy) is 1. The van der Waals surface area contributed by atoms with Crippen molar-refractivity contribution < 1.29 is 4.74 Å². The van der Waals surface area contributed by atoms with Gasteiger partial charge in [0.25, 0.3) is 0 Å². The molecule has 0 fully saturated rings. The van der Waals surface area contributed by atoms with Gasteiger partial charge in [-0.25, -0.2) is 0 Å². The number of fused-ring (bicyclic) bond motifs is 1. The lowest BCUT2D eigenvalue weighted by atomic mass is 10.3. The fraction of sp³-hybridized carbons (Fsp3) is 0.154. The molecule has 3 rings (SSSR count). The summed E-state index contributed by atoms with van der Waals surface area (Å²) in [5.74, 6) is 0.675. The summed E-state index contributed by atoms with van der Waals surface area (Å²) in [7, 11) is 1.65. The topological polar surface area (TPSA) is 38.6 Å². The molecule has 98 valence electrons. The molecule has 6 heteroatoms. The van der Waals surface area contributed by atoms with Gasteiger partial charge >= 0.3 is 0 Å². The third-order valence-corrected chi connectivity index (χ3v) is 4.05. The van der Waals surface area contributed by atoms with Crippen LogP contribution < -0.4 is 10.1 Å². The molecule has 0 amide bonds. The van der Waals surface area contributed by atoms with Gasteiger partial charge < -0.3 is 10.1 Å². The van der Waals surface area contributed by atoms with Crippen LogP contribution in [0.2, 0.25) is 0 Å². The van der Waals surface area contributed by atoms with Crippen molar-refractivity contribution in [3.8, 4) is 5.88 Å². The second-order valence-electron chi connectivity index (χ2n) is 3.99. The first kappa shape index (κ1) is 12.5. The summed E-state index contributed by atoms with van der Waals surface area (Å²) in [6.45, 7) is 0.664. The molecular weight excluding hydrogens is 326 g/mol. The molecule has 4 nitrogen and oxygen atoms in total. The Morgan fingerprint density at radius 1 is 1.47 bits per heavy atom. The van der Waals surface area contributed by atoms with Crippen molar-refractivity contribution in [1.82, 2.24) is 9.38 Å². The van der Waals surface area contributed by atoms with Crippen LogP contribution in [0.15, 0.2) is 40.3 Å². The number of aromatic nitrogens is 2. The highest BCUT2D eigenvalue weighted by atomic mass is 79.9. The van der Waals surface area contributed by atoms with Gasteiger partial charge in [-0.1, -0.05) is 22.0 Å². The summed E-state index contributed by atoms with van der Waals surface area (Å²) < 4.78 is 8.43. The van der Waals surface area contributed by atoms with Crippen LogP contribution in [-0.4, -0.2) is 16.5 Å². The van der Waals surface area contributed by atoms with Gasteiger partial charge in [-0.05, 0) is 18.2 Å². The first-order valence-corrected chi connectivity index (χ1v) is 7.43. The molecule has 0 bridgehead atoms. The first-order chi connectivity index (χ1) is 9.28. The number of hydrogen-bond donors (Lipinski definition) is 1. The van der Waals surface area contributed by atoms with Crippen molar-refractivity contribution in [2.45, 2.75) is 6.54 Å². The number of benzene rings is 1. The number of methoxy groups -OCH3 is 1. The van der Waals surface area contributed by atoms with Crippen molar-refractivity contribution >= 4 is 37.9 Å². The molecule has 3 aromatic rings. The van der Waals surface area contributed by atoms with Crippen LogP contribution >= 0.6 is 27.3 Å². The van der Waals surface area contributed by atoms with E-state index in [0.717, 1.165) is 20.8 Å². The standard InChI is InChI=1S/C13H12BrN3OS/c1-18-12-11(17-5-6-19-13(17)16-12)8-15-10-4-2-3-9(14)7-10/h2-7,15H,8H2,1H3. The van der Waals surface area contributed by atoms with Crippen LogP contribution in [0.25, 0.3) is 4.96 Å². The van der Waals surface area contributed by atoms with Crippen molar-refractivity contribution in [1.29, 1.82) is 0 Å². The van der Waals surface area contributed by atoms with Gasteiger partial charge in [-0.15, -0.1) is 11.3 Å². The molecule has 0 aliphatic carbocycles. The summed E-state index contributed by atoms with van der Waals surface area (Å²) in [6, 6.07) is 8.07. The lowest BCUT2D eigenvalue weighted by molar-refractivity contribution is 0.395. The molecule has 0 aliphatic heterocycles. The summed E-state index contributed by atoms with van der Waals surface area (Å²) >= 11 is 5.06. The van der Waals surface area contributed by atoms with Crippen molar-refractivity contribution in [2.75, 3.05) is 12.4 Å². The Bertz CT molecular complexity index is 707. The van der Waals surface area contributed by atoms with Gasteiger partial charge in [0, 0.05) is 21.7 Å². The van der Waals surface area contributed by atoms with Crippen LogP contribution in [-0.2, 0) is 6.54 Å². The maximum atomic E-state index is 5.33. The van der Waals surface area contributed by atoms with Gasteiger partial charge in [-0.2, -0.15) is 4.98 Å². The fourth-order valence-corrected chi connectivity index (χ4v) is 3.04. The number of nitrogens with zero attached hydrogens (tertiary/aromatic N) is 2. The summed E-state index contributed by atoms with van der Waals surface area (Å²) in [4.78, 5) is 5.38. The molecule has 0 saturated carbocycles. The molecule has 0 saturated heterocycles. The van der Waals surface area contributed by atoms with Crippen LogP contribution in [0.3, 0.4) is 0 Å². The average molecular weight is 338 g/mol. The fourth-order valence-electron chi connectivity index (χ4n) is 1.92. The number of hydrogen-bond acceptors (Lipinski definition) is 4. The second-order valence-corrected chi connectivity index (χ2v) is 5.78. The smallest absolute Gasteiger partial charge is 0.238 e. The highest BCUT2D eigenvalue weighted by Crippen LogP contribution is 2.24. The van der Waals surface area contributed by atoms with E-state index in [9.17, 15) is 0 Å². The predicted octanol–water partition coefficient (Wildman–Crippen LogP) is 3.78. The molecule has 2 aromatic heterocycles. The van der Waals surface area contributed by atoms with E-state index in [1.54, 1.807) is 18.4 Å². The zero-order valence-electron chi connectivity index (χ0n) is 10.3. The van der Waals surface area contributed by atoms with Gasteiger partial charge in [0.15, 0.2) is 4.96 Å². The molecule has 0 aliphatic rings. The van der Waals surface area contributed by atoms with Crippen LogP contribution in [0.1, 0.15) is 5.69 Å². The van der Waals surface area contributed by atoms with E-state index in [4.69, 9.17) is 4.74 Å². The Kier molecular flexibility index (Phi) is 3.44. The molecule has 2 heterocycles. The maximum Gasteiger partial charge on any atom is 0.238 e. The minimum atomic E-state index is 0.664. The Balaban J connectivity index is 1.86. The number of nitrogens with one attached hydrogen (secondary N) is 1. The van der Waals surface area contributed by atoms with Crippen molar-refractivity contribution in [3.05, 3.63) is 46.0 Å². The SMILES string of the molecule is COc1nc2sccn2c1CNc1cccc(Br)c1. The minimum absolute atomic E-state index is 0.664. The van der Waals surface area contributed by atoms with Gasteiger partial charge in [0.1, 0.15) is 5.69 Å². The Labute approximate surface area is 123 Å². The van der Waals surface area contributed by atoms with E-state index >= 15 is 0 Å². The van der Waals surface area contributed by atoms with E-state index in [-0.39, 0.29) is 0 Å². The quantitative estimate of drug-likeness (QED) is 0.787. The monoisotopic (exact) mass is 337 g/mol. The molecule has 19 heavy (non-hydrogen) atoms. The zero-order valence-corrected chi connectivity index (χ0v) is 12.7. The number of halogens is 1. The summed E-state index contributed by atoms with van der Waals surface area (Å²) in [5.41, 5.74) is 2.08. The van der Waals surface area contributed by atoms with Crippen molar-refractivity contribution in [2.24, 2.45) is 0 Å².